The molecule has 2 atom stereocenters. The van der Waals surface area contributed by atoms with E-state index in [9.17, 15) is 13.2 Å². The van der Waals surface area contributed by atoms with Crippen molar-refractivity contribution < 1.29 is 13.2 Å². The molecule has 9 heteroatoms. The largest absolute Gasteiger partial charge is 0.353 e. The van der Waals surface area contributed by atoms with Crippen molar-refractivity contribution in [1.29, 1.82) is 0 Å². The molecular formula is C13H23ClN4O3S. The van der Waals surface area contributed by atoms with E-state index in [1.165, 1.54) is 18.5 Å². The van der Waals surface area contributed by atoms with Gasteiger partial charge in [-0.05, 0) is 18.1 Å². The topological polar surface area (TPSA) is 114 Å². The summed E-state index contributed by atoms with van der Waals surface area (Å²) in [5, 5.41) is 2.62. The molecule has 0 aliphatic rings. The number of pyridine rings is 1. The number of nitrogens with one attached hydrogen (secondary N) is 2. The number of sulfonamides is 1. The fraction of sp³-hybridized carbons (Fsp3) is 0.538. The Balaban J connectivity index is 0.00000441. The number of halogens is 1. The Morgan fingerprint density at radius 3 is 2.64 bits per heavy atom. The molecule has 0 aliphatic carbocycles. The molecule has 0 aromatic carbocycles. The number of rotatable bonds is 8. The van der Waals surface area contributed by atoms with Crippen LogP contribution < -0.4 is 15.8 Å². The van der Waals surface area contributed by atoms with Gasteiger partial charge < -0.3 is 11.1 Å². The van der Waals surface area contributed by atoms with E-state index < -0.39 is 16.1 Å². The Hall–Kier alpha value is -1.22. The molecule has 0 aliphatic heterocycles. The first-order valence-corrected chi connectivity index (χ1v) is 8.29. The highest BCUT2D eigenvalue weighted by Gasteiger charge is 2.19. The van der Waals surface area contributed by atoms with Gasteiger partial charge in [0.25, 0.3) is 0 Å². The van der Waals surface area contributed by atoms with E-state index in [-0.39, 0.29) is 42.2 Å². The minimum Gasteiger partial charge on any atom is -0.353 e. The summed E-state index contributed by atoms with van der Waals surface area (Å²) < 4.78 is 26.1. The standard InChI is InChI=1S/C13H22N4O3S.ClH/c1-3-10(2)12(14)13(18)16-7-8-17-21(19,20)11-5-4-6-15-9-11;/h4-6,9-10,12,17H,3,7-8,14H2,1-2H3,(H,16,18);1H. The Labute approximate surface area is 137 Å². The van der Waals surface area contributed by atoms with Gasteiger partial charge in [0.1, 0.15) is 4.90 Å². The number of carbonyl (C=O) groups excluding carboxylic acids is 1. The molecule has 1 heterocycles. The molecule has 22 heavy (non-hydrogen) atoms. The zero-order valence-electron chi connectivity index (χ0n) is 12.7. The van der Waals surface area contributed by atoms with Gasteiger partial charge >= 0.3 is 0 Å². The summed E-state index contributed by atoms with van der Waals surface area (Å²) in [6.45, 7) is 4.13. The van der Waals surface area contributed by atoms with Crippen LogP contribution >= 0.6 is 12.4 Å². The second-order valence-corrected chi connectivity index (χ2v) is 6.56. The van der Waals surface area contributed by atoms with Gasteiger partial charge in [0, 0.05) is 25.5 Å². The molecule has 0 fully saturated rings. The van der Waals surface area contributed by atoms with Crippen molar-refractivity contribution in [2.24, 2.45) is 11.7 Å². The van der Waals surface area contributed by atoms with Gasteiger partial charge in [-0.15, -0.1) is 12.4 Å². The van der Waals surface area contributed by atoms with Crippen LogP contribution in [-0.4, -0.2) is 38.4 Å². The molecule has 1 rings (SSSR count). The Morgan fingerprint density at radius 2 is 2.09 bits per heavy atom. The van der Waals surface area contributed by atoms with E-state index in [4.69, 9.17) is 5.73 Å². The SMILES string of the molecule is CCC(C)C(N)C(=O)NCCNS(=O)(=O)c1cccnc1.Cl. The van der Waals surface area contributed by atoms with Crippen LogP contribution in [0.4, 0.5) is 0 Å². The highest BCUT2D eigenvalue weighted by Crippen LogP contribution is 2.05. The fourth-order valence-corrected chi connectivity index (χ4v) is 2.59. The zero-order chi connectivity index (χ0) is 15.9. The van der Waals surface area contributed by atoms with Crippen LogP contribution in [0.2, 0.25) is 0 Å². The van der Waals surface area contributed by atoms with E-state index in [1.54, 1.807) is 6.07 Å². The first-order valence-electron chi connectivity index (χ1n) is 6.81. The van der Waals surface area contributed by atoms with Crippen molar-refractivity contribution >= 4 is 28.3 Å². The van der Waals surface area contributed by atoms with E-state index in [1.807, 2.05) is 13.8 Å². The highest BCUT2D eigenvalue weighted by atomic mass is 35.5. The van der Waals surface area contributed by atoms with Crippen molar-refractivity contribution in [3.63, 3.8) is 0 Å². The summed E-state index contributed by atoms with van der Waals surface area (Å²) >= 11 is 0. The Bertz CT molecular complexity index is 554. The number of nitrogens with two attached hydrogens (primary N) is 1. The van der Waals surface area contributed by atoms with Crippen molar-refractivity contribution in [2.75, 3.05) is 13.1 Å². The van der Waals surface area contributed by atoms with Gasteiger partial charge in [0.2, 0.25) is 15.9 Å². The zero-order valence-corrected chi connectivity index (χ0v) is 14.3. The lowest BCUT2D eigenvalue weighted by Gasteiger charge is -2.17. The fourth-order valence-electron chi connectivity index (χ4n) is 1.59. The molecule has 126 valence electrons. The van der Waals surface area contributed by atoms with Crippen LogP contribution in [0.15, 0.2) is 29.4 Å². The first kappa shape index (κ1) is 20.8. The lowest BCUT2D eigenvalue weighted by atomic mass is 9.99. The number of hydrogen-bond donors (Lipinski definition) is 3. The normalized spacial score (nSPS) is 13.8. The molecule has 0 bridgehead atoms. The smallest absolute Gasteiger partial charge is 0.242 e. The molecule has 1 amide bonds. The van der Waals surface area contributed by atoms with E-state index in [0.29, 0.717) is 0 Å². The molecule has 1 aromatic rings. The summed E-state index contributed by atoms with van der Waals surface area (Å²) in [6.07, 6.45) is 3.57. The molecule has 0 spiro atoms. The van der Waals surface area contributed by atoms with Crippen LogP contribution in [0.5, 0.6) is 0 Å². The molecule has 0 saturated heterocycles. The molecule has 0 saturated carbocycles. The van der Waals surface area contributed by atoms with E-state index in [0.717, 1.165) is 6.42 Å². The molecule has 2 unspecified atom stereocenters. The minimum atomic E-state index is -3.59. The predicted octanol–water partition coefficient (Wildman–Crippen LogP) is 0.271. The Kier molecular flexibility index (Phi) is 9.19. The maximum absolute atomic E-state index is 11.9. The summed E-state index contributed by atoms with van der Waals surface area (Å²) in [7, 11) is -3.59. The minimum absolute atomic E-state index is 0. The van der Waals surface area contributed by atoms with Crippen molar-refractivity contribution in [2.45, 2.75) is 31.2 Å². The van der Waals surface area contributed by atoms with Crippen molar-refractivity contribution in [1.82, 2.24) is 15.0 Å². The number of amides is 1. The molecule has 1 aromatic heterocycles. The average Bonchev–Trinajstić information content (AvgIpc) is 2.50. The van der Waals surface area contributed by atoms with Crippen molar-refractivity contribution in [3.05, 3.63) is 24.5 Å². The third-order valence-corrected chi connectivity index (χ3v) is 4.67. The van der Waals surface area contributed by atoms with Gasteiger partial charge in [-0.3, -0.25) is 9.78 Å². The molecule has 7 nitrogen and oxygen atoms in total. The van der Waals surface area contributed by atoms with Gasteiger partial charge in [0.05, 0.1) is 6.04 Å². The summed E-state index contributed by atoms with van der Waals surface area (Å²) in [5.41, 5.74) is 5.77. The van der Waals surface area contributed by atoms with Crippen LogP contribution in [0.1, 0.15) is 20.3 Å². The van der Waals surface area contributed by atoms with Crippen LogP contribution in [0.3, 0.4) is 0 Å². The predicted molar refractivity (Wildman–Crippen MR) is 87.1 cm³/mol. The van der Waals surface area contributed by atoms with Gasteiger partial charge in [-0.25, -0.2) is 13.1 Å². The molecule has 4 N–H and O–H groups in total. The number of carbonyl (C=O) groups is 1. The third kappa shape index (κ3) is 6.27. The highest BCUT2D eigenvalue weighted by molar-refractivity contribution is 7.89. The Morgan fingerprint density at radius 1 is 1.41 bits per heavy atom. The van der Waals surface area contributed by atoms with Gasteiger partial charge in [0.15, 0.2) is 0 Å². The van der Waals surface area contributed by atoms with E-state index >= 15 is 0 Å². The van der Waals surface area contributed by atoms with Gasteiger partial charge in [-0.1, -0.05) is 20.3 Å². The third-order valence-electron chi connectivity index (χ3n) is 3.22. The average molecular weight is 351 g/mol. The van der Waals surface area contributed by atoms with Crippen molar-refractivity contribution in [3.8, 4) is 0 Å². The maximum atomic E-state index is 11.9. The van der Waals surface area contributed by atoms with E-state index in [2.05, 4.69) is 15.0 Å². The maximum Gasteiger partial charge on any atom is 0.242 e. The van der Waals surface area contributed by atoms with Crippen LogP contribution in [0.25, 0.3) is 0 Å². The summed E-state index contributed by atoms with van der Waals surface area (Å²) in [6, 6.07) is 2.42. The van der Waals surface area contributed by atoms with Crippen LogP contribution in [-0.2, 0) is 14.8 Å². The second-order valence-electron chi connectivity index (χ2n) is 4.79. The molecular weight excluding hydrogens is 328 g/mol. The van der Waals surface area contributed by atoms with Gasteiger partial charge in [-0.2, -0.15) is 0 Å². The summed E-state index contributed by atoms with van der Waals surface area (Å²) in [4.78, 5) is 15.6. The molecule has 0 radical (unpaired) electrons. The lowest BCUT2D eigenvalue weighted by Crippen LogP contribution is -2.46. The summed E-state index contributed by atoms with van der Waals surface area (Å²) in [5.74, 6) is -0.193. The number of hydrogen-bond acceptors (Lipinski definition) is 5. The monoisotopic (exact) mass is 350 g/mol. The number of nitrogens with zero attached hydrogens (tertiary/aromatic N) is 1. The second kappa shape index (κ2) is 9.73. The van der Waals surface area contributed by atoms with Crippen LogP contribution in [0, 0.1) is 5.92 Å². The number of aromatic nitrogens is 1. The lowest BCUT2D eigenvalue weighted by molar-refractivity contribution is -0.123. The first-order chi connectivity index (χ1) is 9.88. The quantitative estimate of drug-likeness (QED) is 0.582.